The summed E-state index contributed by atoms with van der Waals surface area (Å²) >= 11 is 0. The van der Waals surface area contributed by atoms with Crippen LogP contribution in [0.1, 0.15) is 5.56 Å². The van der Waals surface area contributed by atoms with Crippen LogP contribution in [0.2, 0.25) is 0 Å². The second kappa shape index (κ2) is 6.64. The number of nitro benzene ring substituents is 1. The van der Waals surface area contributed by atoms with E-state index in [1.807, 2.05) is 11.9 Å². The van der Waals surface area contributed by atoms with Crippen molar-refractivity contribution in [1.29, 1.82) is 0 Å². The highest BCUT2D eigenvalue weighted by Crippen LogP contribution is 2.17. The SMILES string of the molecule is CN1CCN([C@@H](Cc2cccc([N+](=O)[O-])c2)C(=O)O)CC1. The first-order valence-corrected chi connectivity index (χ1v) is 6.86. The van der Waals surface area contributed by atoms with Gasteiger partial charge in [0.2, 0.25) is 0 Å². The van der Waals surface area contributed by atoms with E-state index < -0.39 is 16.9 Å². The van der Waals surface area contributed by atoms with Gasteiger partial charge in [-0.15, -0.1) is 0 Å². The molecule has 0 aliphatic carbocycles. The van der Waals surface area contributed by atoms with Crippen LogP contribution >= 0.6 is 0 Å². The molecule has 0 amide bonds. The van der Waals surface area contributed by atoms with Crippen LogP contribution in [0.5, 0.6) is 0 Å². The van der Waals surface area contributed by atoms with E-state index in [4.69, 9.17) is 0 Å². The van der Waals surface area contributed by atoms with Crippen molar-refractivity contribution in [1.82, 2.24) is 9.80 Å². The fraction of sp³-hybridized carbons (Fsp3) is 0.500. The van der Waals surface area contributed by atoms with Crippen molar-refractivity contribution in [2.45, 2.75) is 12.5 Å². The Labute approximate surface area is 122 Å². The quantitative estimate of drug-likeness (QED) is 0.639. The lowest BCUT2D eigenvalue weighted by Gasteiger charge is -2.36. The molecule has 1 N–H and O–H groups in total. The lowest BCUT2D eigenvalue weighted by atomic mass is 10.0. The van der Waals surface area contributed by atoms with Crippen molar-refractivity contribution in [3.63, 3.8) is 0 Å². The number of piperazine rings is 1. The van der Waals surface area contributed by atoms with E-state index in [1.54, 1.807) is 12.1 Å². The number of carboxylic acids is 1. The molecular formula is C14H19N3O4. The highest BCUT2D eigenvalue weighted by Gasteiger charge is 2.28. The molecule has 2 rings (SSSR count). The maximum absolute atomic E-state index is 11.5. The summed E-state index contributed by atoms with van der Waals surface area (Å²) in [4.78, 5) is 25.9. The third-order valence-corrected chi connectivity index (χ3v) is 3.81. The highest BCUT2D eigenvalue weighted by atomic mass is 16.6. The Bertz CT molecular complexity index is 527. The van der Waals surface area contributed by atoms with E-state index in [2.05, 4.69) is 4.90 Å². The normalized spacial score (nSPS) is 18.3. The largest absolute Gasteiger partial charge is 0.480 e. The Hall–Kier alpha value is -1.99. The number of aliphatic carboxylic acids is 1. The standard InChI is InChI=1S/C14H19N3O4/c1-15-5-7-16(8-6-15)13(14(18)19)10-11-3-2-4-12(9-11)17(20)21/h2-4,9,13H,5-8,10H2,1H3,(H,18,19)/t13-/m0/s1. The molecule has 0 bridgehead atoms. The van der Waals surface area contributed by atoms with Gasteiger partial charge in [-0.3, -0.25) is 19.8 Å². The number of non-ortho nitro benzene ring substituents is 1. The predicted octanol–water partition coefficient (Wildman–Crippen LogP) is 0.838. The summed E-state index contributed by atoms with van der Waals surface area (Å²) in [6.07, 6.45) is 0.278. The average molecular weight is 293 g/mol. The number of likely N-dealkylation sites (N-methyl/N-ethyl adjacent to an activating group) is 1. The molecule has 1 heterocycles. The van der Waals surface area contributed by atoms with Crippen molar-refractivity contribution in [2.24, 2.45) is 0 Å². The Morgan fingerprint density at radius 2 is 2.05 bits per heavy atom. The fourth-order valence-electron chi connectivity index (χ4n) is 2.53. The summed E-state index contributed by atoms with van der Waals surface area (Å²) in [5, 5.41) is 20.2. The maximum Gasteiger partial charge on any atom is 0.321 e. The van der Waals surface area contributed by atoms with E-state index >= 15 is 0 Å². The average Bonchev–Trinajstić information content (AvgIpc) is 2.46. The number of benzene rings is 1. The lowest BCUT2D eigenvalue weighted by molar-refractivity contribution is -0.384. The number of nitro groups is 1. The third kappa shape index (κ3) is 3.99. The molecule has 7 heteroatoms. The molecule has 1 fully saturated rings. The zero-order chi connectivity index (χ0) is 15.4. The van der Waals surface area contributed by atoms with Crippen LogP contribution in [0.4, 0.5) is 5.69 Å². The molecule has 114 valence electrons. The minimum Gasteiger partial charge on any atom is -0.480 e. The van der Waals surface area contributed by atoms with Crippen molar-refractivity contribution >= 4 is 11.7 Å². The number of carbonyl (C=O) groups is 1. The molecule has 7 nitrogen and oxygen atoms in total. The lowest BCUT2D eigenvalue weighted by Crippen LogP contribution is -2.52. The Morgan fingerprint density at radius 3 is 2.62 bits per heavy atom. The molecule has 1 aliphatic rings. The van der Waals surface area contributed by atoms with E-state index in [-0.39, 0.29) is 12.1 Å². The van der Waals surface area contributed by atoms with E-state index in [9.17, 15) is 20.0 Å². The van der Waals surface area contributed by atoms with Crippen LogP contribution in [-0.2, 0) is 11.2 Å². The molecule has 1 aliphatic heterocycles. The third-order valence-electron chi connectivity index (χ3n) is 3.81. The predicted molar refractivity (Wildman–Crippen MR) is 77.3 cm³/mol. The van der Waals surface area contributed by atoms with Crippen LogP contribution in [-0.4, -0.2) is 65.1 Å². The van der Waals surface area contributed by atoms with Crippen molar-refractivity contribution in [3.05, 3.63) is 39.9 Å². The van der Waals surface area contributed by atoms with Gasteiger partial charge in [0, 0.05) is 38.3 Å². The van der Waals surface area contributed by atoms with Crippen LogP contribution in [0.25, 0.3) is 0 Å². The Kier molecular flexibility index (Phi) is 4.87. The monoisotopic (exact) mass is 293 g/mol. The summed E-state index contributed by atoms with van der Waals surface area (Å²) < 4.78 is 0. The zero-order valence-corrected chi connectivity index (χ0v) is 11.9. The van der Waals surface area contributed by atoms with Gasteiger partial charge in [-0.25, -0.2) is 0 Å². The molecule has 1 atom stereocenters. The summed E-state index contributed by atoms with van der Waals surface area (Å²) in [6.45, 7) is 3.06. The molecule has 0 radical (unpaired) electrons. The molecule has 0 unspecified atom stereocenters. The van der Waals surface area contributed by atoms with Crippen LogP contribution < -0.4 is 0 Å². The first-order chi connectivity index (χ1) is 9.97. The Balaban J connectivity index is 2.11. The molecule has 0 spiro atoms. The van der Waals surface area contributed by atoms with Crippen LogP contribution in [0.15, 0.2) is 24.3 Å². The first kappa shape index (κ1) is 15.4. The Morgan fingerprint density at radius 1 is 1.38 bits per heavy atom. The number of hydrogen-bond donors (Lipinski definition) is 1. The molecular weight excluding hydrogens is 274 g/mol. The van der Waals surface area contributed by atoms with Gasteiger partial charge < -0.3 is 10.0 Å². The molecule has 0 saturated carbocycles. The second-order valence-electron chi connectivity index (χ2n) is 5.32. The van der Waals surface area contributed by atoms with E-state index in [0.717, 1.165) is 13.1 Å². The van der Waals surface area contributed by atoms with Gasteiger partial charge in [0.05, 0.1) is 4.92 Å². The topological polar surface area (TPSA) is 86.9 Å². The maximum atomic E-state index is 11.5. The number of rotatable bonds is 5. The molecule has 21 heavy (non-hydrogen) atoms. The summed E-state index contributed by atoms with van der Waals surface area (Å²) in [5.41, 5.74) is 0.672. The van der Waals surface area contributed by atoms with Gasteiger partial charge in [0.1, 0.15) is 6.04 Å². The van der Waals surface area contributed by atoms with Gasteiger partial charge >= 0.3 is 5.97 Å². The molecule has 1 aromatic rings. The minimum atomic E-state index is -0.883. The fourth-order valence-corrected chi connectivity index (χ4v) is 2.53. The number of nitrogens with zero attached hydrogens (tertiary/aromatic N) is 3. The van der Waals surface area contributed by atoms with Crippen molar-refractivity contribution in [3.8, 4) is 0 Å². The van der Waals surface area contributed by atoms with Gasteiger partial charge in [-0.05, 0) is 19.0 Å². The van der Waals surface area contributed by atoms with Crippen LogP contribution in [0, 0.1) is 10.1 Å². The number of hydrogen-bond acceptors (Lipinski definition) is 5. The zero-order valence-electron chi connectivity index (χ0n) is 11.9. The molecule has 1 aromatic carbocycles. The van der Waals surface area contributed by atoms with Gasteiger partial charge in [0.15, 0.2) is 0 Å². The van der Waals surface area contributed by atoms with E-state index in [1.165, 1.54) is 12.1 Å². The molecule has 1 saturated heterocycles. The summed E-state index contributed by atoms with van der Waals surface area (Å²) in [5.74, 6) is -0.883. The van der Waals surface area contributed by atoms with Gasteiger partial charge in [-0.1, -0.05) is 12.1 Å². The first-order valence-electron chi connectivity index (χ1n) is 6.86. The minimum absolute atomic E-state index is 0.00461. The van der Waals surface area contributed by atoms with Gasteiger partial charge in [0.25, 0.3) is 5.69 Å². The number of carboxylic acid groups (broad SMARTS) is 1. The summed E-state index contributed by atoms with van der Waals surface area (Å²) in [6, 6.07) is 5.55. The second-order valence-corrected chi connectivity index (χ2v) is 5.32. The van der Waals surface area contributed by atoms with Crippen molar-refractivity contribution in [2.75, 3.05) is 33.2 Å². The smallest absolute Gasteiger partial charge is 0.321 e. The van der Waals surface area contributed by atoms with Gasteiger partial charge in [-0.2, -0.15) is 0 Å². The summed E-state index contributed by atoms with van der Waals surface area (Å²) in [7, 11) is 2.01. The highest BCUT2D eigenvalue weighted by molar-refractivity contribution is 5.74. The van der Waals surface area contributed by atoms with E-state index in [0.29, 0.717) is 18.7 Å². The molecule has 0 aromatic heterocycles. The van der Waals surface area contributed by atoms with Crippen LogP contribution in [0.3, 0.4) is 0 Å². The van der Waals surface area contributed by atoms with Crippen molar-refractivity contribution < 1.29 is 14.8 Å².